The van der Waals surface area contributed by atoms with E-state index in [1.54, 1.807) is 0 Å². The molecule has 0 spiro atoms. The second kappa shape index (κ2) is 7.02. The van der Waals surface area contributed by atoms with Crippen molar-refractivity contribution < 1.29 is 0 Å². The molecule has 5 heteroatoms. The molecule has 0 amide bonds. The van der Waals surface area contributed by atoms with Gasteiger partial charge >= 0.3 is 0 Å². The molecular formula is C15H24N4S. The van der Waals surface area contributed by atoms with E-state index >= 15 is 0 Å². The lowest BCUT2D eigenvalue weighted by atomic mass is 10.2. The Morgan fingerprint density at radius 3 is 2.85 bits per heavy atom. The summed E-state index contributed by atoms with van der Waals surface area (Å²) in [6.07, 6.45) is 4.02. The molecule has 0 atom stereocenters. The molecule has 0 aromatic carbocycles. The van der Waals surface area contributed by atoms with Crippen LogP contribution >= 0.6 is 11.3 Å². The maximum atomic E-state index is 4.22. The zero-order valence-electron chi connectivity index (χ0n) is 12.8. The van der Waals surface area contributed by atoms with E-state index < -0.39 is 0 Å². The second-order valence-corrected chi connectivity index (χ2v) is 6.61. The second-order valence-electron chi connectivity index (χ2n) is 5.27. The molecule has 110 valence electrons. The van der Waals surface area contributed by atoms with Crippen LogP contribution in [-0.2, 0) is 26.7 Å². The Morgan fingerprint density at radius 1 is 1.40 bits per heavy atom. The van der Waals surface area contributed by atoms with Gasteiger partial charge in [-0.1, -0.05) is 6.92 Å². The summed E-state index contributed by atoms with van der Waals surface area (Å²) in [4.78, 5) is 5.19. The van der Waals surface area contributed by atoms with Crippen molar-refractivity contribution in [3.63, 3.8) is 0 Å². The highest BCUT2D eigenvalue weighted by Crippen LogP contribution is 2.23. The third kappa shape index (κ3) is 4.16. The Bertz CT molecular complexity index is 544. The number of hydrogen-bond donors (Lipinski definition) is 1. The first-order valence-corrected chi connectivity index (χ1v) is 7.85. The molecule has 2 aromatic heterocycles. The molecule has 2 heterocycles. The Balaban J connectivity index is 1.93. The smallest absolute Gasteiger partial charge is 0.0534 e. The summed E-state index contributed by atoms with van der Waals surface area (Å²) in [5.74, 6) is 0. The van der Waals surface area contributed by atoms with Crippen LogP contribution in [0.3, 0.4) is 0 Å². The van der Waals surface area contributed by atoms with Crippen LogP contribution in [0.25, 0.3) is 0 Å². The van der Waals surface area contributed by atoms with Gasteiger partial charge < -0.3 is 5.32 Å². The average Bonchev–Trinajstić information content (AvgIpc) is 2.94. The number of nitrogens with one attached hydrogen (secondary N) is 1. The van der Waals surface area contributed by atoms with Crippen LogP contribution in [0.15, 0.2) is 18.5 Å². The summed E-state index contributed by atoms with van der Waals surface area (Å²) in [5, 5.41) is 7.60. The topological polar surface area (TPSA) is 33.1 Å². The fraction of sp³-hybridized carbons (Fsp3) is 0.533. The minimum atomic E-state index is 0.936. The Morgan fingerprint density at radius 2 is 2.20 bits per heavy atom. The SMILES string of the molecule is CCNCc1cc(CN(C)Cc2cnn(C)c2)c(C)s1. The van der Waals surface area contributed by atoms with E-state index in [4.69, 9.17) is 0 Å². The van der Waals surface area contributed by atoms with Crippen molar-refractivity contribution in [3.8, 4) is 0 Å². The first-order valence-electron chi connectivity index (χ1n) is 7.03. The molecule has 0 radical (unpaired) electrons. The number of aromatic nitrogens is 2. The zero-order chi connectivity index (χ0) is 14.5. The van der Waals surface area contributed by atoms with E-state index in [1.807, 2.05) is 29.3 Å². The van der Waals surface area contributed by atoms with E-state index in [1.165, 1.54) is 20.9 Å². The summed E-state index contributed by atoms with van der Waals surface area (Å²) in [5.41, 5.74) is 2.70. The highest BCUT2D eigenvalue weighted by molar-refractivity contribution is 7.12. The Hall–Kier alpha value is -1.17. The molecular weight excluding hydrogens is 268 g/mol. The summed E-state index contributed by atoms with van der Waals surface area (Å²) < 4.78 is 1.85. The van der Waals surface area contributed by atoms with Crippen molar-refractivity contribution in [2.24, 2.45) is 7.05 Å². The largest absolute Gasteiger partial charge is 0.312 e. The van der Waals surface area contributed by atoms with Crippen LogP contribution in [0.1, 0.15) is 27.8 Å². The fourth-order valence-corrected chi connectivity index (χ4v) is 3.32. The van der Waals surface area contributed by atoms with E-state index in [0.717, 1.165) is 26.2 Å². The Labute approximate surface area is 125 Å². The molecule has 0 fully saturated rings. The van der Waals surface area contributed by atoms with Gasteiger partial charge in [-0.3, -0.25) is 9.58 Å². The van der Waals surface area contributed by atoms with Gasteiger partial charge in [0.1, 0.15) is 0 Å². The molecule has 20 heavy (non-hydrogen) atoms. The van der Waals surface area contributed by atoms with Crippen molar-refractivity contribution >= 4 is 11.3 Å². The molecule has 0 bridgehead atoms. The zero-order valence-corrected chi connectivity index (χ0v) is 13.6. The van der Waals surface area contributed by atoms with Gasteiger partial charge in [0.25, 0.3) is 0 Å². The highest BCUT2D eigenvalue weighted by atomic mass is 32.1. The number of aryl methyl sites for hydroxylation is 2. The van der Waals surface area contributed by atoms with Crippen molar-refractivity contribution in [2.75, 3.05) is 13.6 Å². The maximum absolute atomic E-state index is 4.22. The number of nitrogens with zero attached hydrogens (tertiary/aromatic N) is 3. The molecule has 0 unspecified atom stereocenters. The monoisotopic (exact) mass is 292 g/mol. The Kier molecular flexibility index (Phi) is 5.34. The summed E-state index contributed by atoms with van der Waals surface area (Å²) >= 11 is 1.90. The number of thiophene rings is 1. The summed E-state index contributed by atoms with van der Waals surface area (Å²) in [7, 11) is 4.12. The standard InChI is InChI=1S/C15H24N4S/c1-5-16-8-15-6-14(12(2)20-15)11-18(3)9-13-7-17-19(4)10-13/h6-7,10,16H,5,8-9,11H2,1-4H3. The lowest BCUT2D eigenvalue weighted by Crippen LogP contribution is -2.17. The predicted octanol–water partition coefficient (Wildman–Crippen LogP) is 2.53. The normalized spacial score (nSPS) is 11.4. The van der Waals surface area contributed by atoms with Crippen LogP contribution in [0.4, 0.5) is 0 Å². The van der Waals surface area contributed by atoms with Crippen LogP contribution < -0.4 is 5.32 Å². The molecule has 0 aliphatic carbocycles. The van der Waals surface area contributed by atoms with Gasteiger partial charge in [0.05, 0.1) is 6.20 Å². The van der Waals surface area contributed by atoms with E-state index in [-0.39, 0.29) is 0 Å². The summed E-state index contributed by atoms with van der Waals surface area (Å²) in [6.45, 7) is 8.28. The average molecular weight is 292 g/mol. The molecule has 0 aliphatic rings. The minimum Gasteiger partial charge on any atom is -0.312 e. The molecule has 0 saturated heterocycles. The van der Waals surface area contributed by atoms with Gasteiger partial charge in [-0.15, -0.1) is 11.3 Å². The lowest BCUT2D eigenvalue weighted by molar-refractivity contribution is 0.319. The predicted molar refractivity (Wildman–Crippen MR) is 84.8 cm³/mol. The molecule has 2 rings (SSSR count). The van der Waals surface area contributed by atoms with Gasteiger partial charge in [-0.25, -0.2) is 0 Å². The van der Waals surface area contributed by atoms with E-state index in [0.29, 0.717) is 0 Å². The molecule has 0 saturated carbocycles. The molecule has 4 nitrogen and oxygen atoms in total. The lowest BCUT2D eigenvalue weighted by Gasteiger charge is -2.15. The van der Waals surface area contributed by atoms with Crippen LogP contribution in [0, 0.1) is 6.92 Å². The van der Waals surface area contributed by atoms with Crippen molar-refractivity contribution in [3.05, 3.63) is 39.3 Å². The third-order valence-electron chi connectivity index (χ3n) is 3.27. The first kappa shape index (κ1) is 15.2. The van der Waals surface area contributed by atoms with Crippen LogP contribution in [0.5, 0.6) is 0 Å². The number of rotatable bonds is 7. The van der Waals surface area contributed by atoms with Gasteiger partial charge in [0.15, 0.2) is 0 Å². The fourth-order valence-electron chi connectivity index (χ4n) is 2.29. The minimum absolute atomic E-state index is 0.936. The highest BCUT2D eigenvalue weighted by Gasteiger charge is 2.09. The molecule has 0 aliphatic heterocycles. The van der Waals surface area contributed by atoms with Crippen LogP contribution in [0.2, 0.25) is 0 Å². The molecule has 1 N–H and O–H groups in total. The van der Waals surface area contributed by atoms with Gasteiger partial charge in [0.2, 0.25) is 0 Å². The van der Waals surface area contributed by atoms with Gasteiger partial charge in [-0.2, -0.15) is 5.10 Å². The number of hydrogen-bond acceptors (Lipinski definition) is 4. The maximum Gasteiger partial charge on any atom is 0.0534 e. The summed E-state index contributed by atoms with van der Waals surface area (Å²) in [6, 6.07) is 2.34. The van der Waals surface area contributed by atoms with Crippen molar-refractivity contribution in [1.29, 1.82) is 0 Å². The van der Waals surface area contributed by atoms with Crippen LogP contribution in [-0.4, -0.2) is 28.3 Å². The quantitative estimate of drug-likeness (QED) is 0.851. The van der Waals surface area contributed by atoms with E-state index in [2.05, 4.69) is 48.5 Å². The van der Waals surface area contributed by atoms with E-state index in [9.17, 15) is 0 Å². The van der Waals surface area contributed by atoms with Crippen molar-refractivity contribution in [2.45, 2.75) is 33.5 Å². The first-order chi connectivity index (χ1) is 9.58. The third-order valence-corrected chi connectivity index (χ3v) is 4.36. The van der Waals surface area contributed by atoms with Gasteiger partial charge in [0, 0.05) is 48.2 Å². The van der Waals surface area contributed by atoms with Gasteiger partial charge in [-0.05, 0) is 32.1 Å². The van der Waals surface area contributed by atoms with Crippen molar-refractivity contribution in [1.82, 2.24) is 20.0 Å². The molecule has 2 aromatic rings.